The normalized spacial score (nSPS) is 10.3. The summed E-state index contributed by atoms with van der Waals surface area (Å²) in [4.78, 5) is 12.9. The second kappa shape index (κ2) is 5.89. The van der Waals surface area contributed by atoms with Crippen LogP contribution >= 0.6 is 0 Å². The van der Waals surface area contributed by atoms with Crippen molar-refractivity contribution in [1.82, 2.24) is 4.90 Å². The Kier molecular flexibility index (Phi) is 4.76. The van der Waals surface area contributed by atoms with Gasteiger partial charge in [-0.05, 0) is 61.9 Å². The number of likely N-dealkylation sites (N-methyl/N-ethyl adjacent to an activating group) is 1. The maximum Gasteiger partial charge on any atom is 0.409 e. The molecule has 0 bridgehead atoms. The highest BCUT2D eigenvalue weighted by atomic mass is 16.5. The van der Waals surface area contributed by atoms with E-state index in [1.807, 2.05) is 0 Å². The number of rotatable bonds is 3. The van der Waals surface area contributed by atoms with Gasteiger partial charge in [-0.2, -0.15) is 0 Å². The van der Waals surface area contributed by atoms with Crippen LogP contribution < -0.4 is 0 Å². The molecule has 1 amide bonds. The highest BCUT2D eigenvalue weighted by molar-refractivity contribution is 5.67. The predicted octanol–water partition coefficient (Wildman–Crippen LogP) is 3.16. The van der Waals surface area contributed by atoms with Gasteiger partial charge < -0.3 is 9.64 Å². The predicted molar refractivity (Wildman–Crippen MR) is 74.1 cm³/mol. The average molecular weight is 249 g/mol. The molecular weight excluding hydrogens is 226 g/mol. The van der Waals surface area contributed by atoms with E-state index in [1.54, 1.807) is 11.9 Å². The third-order valence-electron chi connectivity index (χ3n) is 3.70. The number of carbonyl (C=O) groups excluding carboxylic acids is 1. The Morgan fingerprint density at radius 2 is 1.67 bits per heavy atom. The van der Waals surface area contributed by atoms with Crippen LogP contribution in [-0.2, 0) is 11.2 Å². The molecule has 0 saturated carbocycles. The molecule has 0 aliphatic carbocycles. The van der Waals surface area contributed by atoms with E-state index in [-0.39, 0.29) is 6.09 Å². The first-order valence-corrected chi connectivity index (χ1v) is 6.23. The quantitative estimate of drug-likeness (QED) is 0.823. The maximum absolute atomic E-state index is 11.3. The van der Waals surface area contributed by atoms with Gasteiger partial charge in [0.1, 0.15) is 0 Å². The number of hydrogen-bond donors (Lipinski definition) is 0. The van der Waals surface area contributed by atoms with Crippen LogP contribution in [0, 0.1) is 27.7 Å². The number of aryl methyl sites for hydroxylation is 2. The topological polar surface area (TPSA) is 29.5 Å². The molecule has 3 nitrogen and oxygen atoms in total. The highest BCUT2D eigenvalue weighted by Crippen LogP contribution is 2.22. The summed E-state index contributed by atoms with van der Waals surface area (Å²) in [5.74, 6) is 0. The van der Waals surface area contributed by atoms with Crippen molar-refractivity contribution in [3.63, 3.8) is 0 Å². The third kappa shape index (κ3) is 3.03. The third-order valence-corrected chi connectivity index (χ3v) is 3.70. The molecule has 1 aromatic carbocycles. The van der Waals surface area contributed by atoms with E-state index in [4.69, 9.17) is 4.74 Å². The first kappa shape index (κ1) is 14.6. The Morgan fingerprint density at radius 3 is 2.11 bits per heavy atom. The second-order valence-corrected chi connectivity index (χ2v) is 4.88. The number of benzene rings is 1. The second-order valence-electron chi connectivity index (χ2n) is 4.88. The molecule has 0 aromatic heterocycles. The maximum atomic E-state index is 11.3. The van der Waals surface area contributed by atoms with Crippen molar-refractivity contribution in [2.45, 2.75) is 34.1 Å². The summed E-state index contributed by atoms with van der Waals surface area (Å²) in [5.41, 5.74) is 6.64. The van der Waals surface area contributed by atoms with Crippen molar-refractivity contribution in [2.75, 3.05) is 20.7 Å². The standard InChI is InChI=1S/C15H23NO2/c1-10-9-11(2)13(4)14(12(10)3)7-8-16(5)15(17)18-6/h9H,7-8H2,1-6H3. The number of amides is 1. The number of nitrogens with zero attached hydrogens (tertiary/aromatic N) is 1. The molecule has 1 rings (SSSR count). The number of methoxy groups -OCH3 is 1. The summed E-state index contributed by atoms with van der Waals surface area (Å²) in [6, 6.07) is 2.22. The van der Waals surface area contributed by atoms with Crippen LogP contribution in [0.3, 0.4) is 0 Å². The monoisotopic (exact) mass is 249 g/mol. The lowest BCUT2D eigenvalue weighted by Crippen LogP contribution is -2.28. The average Bonchev–Trinajstić information content (AvgIpc) is 2.35. The minimum absolute atomic E-state index is 0.283. The van der Waals surface area contributed by atoms with Crippen LogP contribution in [0.25, 0.3) is 0 Å². The lowest BCUT2D eigenvalue weighted by molar-refractivity contribution is 0.134. The Labute approximate surface area is 110 Å². The summed E-state index contributed by atoms with van der Waals surface area (Å²) in [6.45, 7) is 9.24. The van der Waals surface area contributed by atoms with Crippen molar-refractivity contribution in [3.05, 3.63) is 33.9 Å². The van der Waals surface area contributed by atoms with Crippen LogP contribution in [0.1, 0.15) is 27.8 Å². The van der Waals surface area contributed by atoms with Gasteiger partial charge in [0.15, 0.2) is 0 Å². The fraction of sp³-hybridized carbons (Fsp3) is 0.533. The zero-order chi connectivity index (χ0) is 13.9. The van der Waals surface area contributed by atoms with Crippen LogP contribution in [0.5, 0.6) is 0 Å². The van der Waals surface area contributed by atoms with E-state index in [9.17, 15) is 4.79 Å². The molecule has 0 radical (unpaired) electrons. The molecule has 18 heavy (non-hydrogen) atoms. The number of carbonyl (C=O) groups is 1. The summed E-state index contributed by atoms with van der Waals surface area (Å²) in [7, 11) is 3.17. The Morgan fingerprint density at radius 1 is 1.17 bits per heavy atom. The van der Waals surface area contributed by atoms with Gasteiger partial charge in [0.2, 0.25) is 0 Å². The molecule has 0 unspecified atom stereocenters. The van der Waals surface area contributed by atoms with Gasteiger partial charge in [-0.1, -0.05) is 6.07 Å². The Hall–Kier alpha value is -1.51. The Bertz CT molecular complexity index is 426. The van der Waals surface area contributed by atoms with Gasteiger partial charge in [0, 0.05) is 13.6 Å². The summed E-state index contributed by atoms with van der Waals surface area (Å²) >= 11 is 0. The van der Waals surface area contributed by atoms with Crippen molar-refractivity contribution >= 4 is 6.09 Å². The zero-order valence-corrected chi connectivity index (χ0v) is 12.3. The van der Waals surface area contributed by atoms with E-state index in [2.05, 4.69) is 33.8 Å². The van der Waals surface area contributed by atoms with Gasteiger partial charge in [0.05, 0.1) is 7.11 Å². The molecule has 3 heteroatoms. The summed E-state index contributed by atoms with van der Waals surface area (Å²) in [6.07, 6.45) is 0.584. The number of hydrogen-bond acceptors (Lipinski definition) is 2. The molecule has 1 aromatic rings. The van der Waals surface area contributed by atoms with Crippen molar-refractivity contribution < 1.29 is 9.53 Å². The molecule has 0 aliphatic rings. The molecule has 0 spiro atoms. The minimum atomic E-state index is -0.283. The fourth-order valence-electron chi connectivity index (χ4n) is 2.20. The molecule has 0 heterocycles. The van der Waals surface area contributed by atoms with Crippen molar-refractivity contribution in [1.29, 1.82) is 0 Å². The lowest BCUT2D eigenvalue weighted by Gasteiger charge is -2.19. The van der Waals surface area contributed by atoms with Crippen LogP contribution in [-0.4, -0.2) is 31.7 Å². The first-order chi connectivity index (χ1) is 8.38. The first-order valence-electron chi connectivity index (χ1n) is 6.23. The van der Waals surface area contributed by atoms with Crippen LogP contribution in [0.15, 0.2) is 6.07 Å². The minimum Gasteiger partial charge on any atom is -0.453 e. The summed E-state index contributed by atoms with van der Waals surface area (Å²) < 4.78 is 4.70. The van der Waals surface area contributed by atoms with Crippen molar-refractivity contribution in [2.24, 2.45) is 0 Å². The van der Waals surface area contributed by atoms with Crippen LogP contribution in [0.2, 0.25) is 0 Å². The van der Waals surface area contributed by atoms with E-state index in [1.165, 1.54) is 34.9 Å². The summed E-state index contributed by atoms with van der Waals surface area (Å²) in [5, 5.41) is 0. The zero-order valence-electron chi connectivity index (χ0n) is 12.3. The van der Waals surface area contributed by atoms with Crippen LogP contribution in [0.4, 0.5) is 4.79 Å². The van der Waals surface area contributed by atoms with E-state index in [0.29, 0.717) is 6.54 Å². The van der Waals surface area contributed by atoms with Gasteiger partial charge in [-0.3, -0.25) is 0 Å². The molecule has 100 valence electrons. The van der Waals surface area contributed by atoms with Gasteiger partial charge in [-0.25, -0.2) is 4.79 Å². The lowest BCUT2D eigenvalue weighted by atomic mass is 9.92. The van der Waals surface area contributed by atoms with Gasteiger partial charge in [0.25, 0.3) is 0 Å². The largest absolute Gasteiger partial charge is 0.453 e. The van der Waals surface area contributed by atoms with Gasteiger partial charge in [-0.15, -0.1) is 0 Å². The molecular formula is C15H23NO2. The fourth-order valence-corrected chi connectivity index (χ4v) is 2.20. The SMILES string of the molecule is COC(=O)N(C)CCc1c(C)c(C)cc(C)c1C. The van der Waals surface area contributed by atoms with E-state index in [0.717, 1.165) is 6.42 Å². The smallest absolute Gasteiger partial charge is 0.409 e. The van der Waals surface area contributed by atoms with Gasteiger partial charge >= 0.3 is 6.09 Å². The highest BCUT2D eigenvalue weighted by Gasteiger charge is 2.12. The van der Waals surface area contributed by atoms with E-state index >= 15 is 0 Å². The van der Waals surface area contributed by atoms with Crippen molar-refractivity contribution in [3.8, 4) is 0 Å². The molecule has 0 fully saturated rings. The molecule has 0 saturated heterocycles. The Balaban J connectivity index is 2.88. The molecule has 0 N–H and O–H groups in total. The number of ether oxygens (including phenoxy) is 1. The van der Waals surface area contributed by atoms with E-state index < -0.39 is 0 Å². The molecule has 0 aliphatic heterocycles. The molecule has 0 atom stereocenters.